The van der Waals surface area contributed by atoms with Gasteiger partial charge in [0, 0.05) is 10.7 Å². The van der Waals surface area contributed by atoms with Gasteiger partial charge in [0.15, 0.2) is 11.5 Å². The molecule has 0 aromatic heterocycles. The first-order valence-corrected chi connectivity index (χ1v) is 9.80. The zero-order valence-electron chi connectivity index (χ0n) is 16.0. The number of amides is 2. The number of benzene rings is 3. The van der Waals surface area contributed by atoms with Gasteiger partial charge < -0.3 is 20.1 Å². The van der Waals surface area contributed by atoms with E-state index >= 15 is 0 Å². The molecule has 7 heteroatoms. The lowest BCUT2D eigenvalue weighted by Crippen LogP contribution is -2.20. The standard InChI is InChI=1S/C23H19ClN2O4/c24-16-6-8-17(9-7-16)25-23(28)18-3-1-2-4-19(18)26-22(27)14-15-5-10-20-21(13-15)30-12-11-29-20/h1-10,13H,11-12,14H2,(H,25,28)(H,26,27). The number of nitrogens with one attached hydrogen (secondary N) is 2. The Kier molecular flexibility index (Phi) is 5.86. The Balaban J connectivity index is 1.45. The van der Waals surface area contributed by atoms with Crippen molar-refractivity contribution in [3.8, 4) is 11.5 Å². The average molecular weight is 423 g/mol. The van der Waals surface area contributed by atoms with E-state index in [1.165, 1.54) is 0 Å². The number of carbonyl (C=O) groups excluding carboxylic acids is 2. The Morgan fingerprint density at radius 1 is 0.867 bits per heavy atom. The fourth-order valence-corrected chi connectivity index (χ4v) is 3.23. The minimum absolute atomic E-state index is 0.143. The average Bonchev–Trinajstić information content (AvgIpc) is 2.75. The number of hydrogen-bond donors (Lipinski definition) is 2. The van der Waals surface area contributed by atoms with Gasteiger partial charge in [-0.3, -0.25) is 9.59 Å². The van der Waals surface area contributed by atoms with Gasteiger partial charge in [0.2, 0.25) is 5.91 Å². The van der Waals surface area contributed by atoms with E-state index in [0.717, 1.165) is 5.56 Å². The molecule has 2 N–H and O–H groups in total. The maximum Gasteiger partial charge on any atom is 0.257 e. The highest BCUT2D eigenvalue weighted by atomic mass is 35.5. The molecule has 4 rings (SSSR count). The topological polar surface area (TPSA) is 76.7 Å². The molecule has 0 aliphatic carbocycles. The molecule has 0 atom stereocenters. The molecule has 1 heterocycles. The molecule has 0 radical (unpaired) electrons. The molecule has 0 spiro atoms. The number of carbonyl (C=O) groups is 2. The van der Waals surface area contributed by atoms with Crippen molar-refractivity contribution < 1.29 is 19.1 Å². The molecule has 0 bridgehead atoms. The highest BCUT2D eigenvalue weighted by molar-refractivity contribution is 6.30. The highest BCUT2D eigenvalue weighted by Gasteiger charge is 2.16. The van der Waals surface area contributed by atoms with Crippen LogP contribution < -0.4 is 20.1 Å². The van der Waals surface area contributed by atoms with Crippen LogP contribution in [0.1, 0.15) is 15.9 Å². The summed E-state index contributed by atoms with van der Waals surface area (Å²) in [6.07, 6.45) is 0.143. The molecule has 6 nitrogen and oxygen atoms in total. The predicted octanol–water partition coefficient (Wildman–Crippen LogP) is 4.54. The molecule has 0 unspecified atom stereocenters. The normalized spacial score (nSPS) is 12.2. The van der Waals surface area contributed by atoms with Crippen LogP contribution in [-0.4, -0.2) is 25.0 Å². The summed E-state index contributed by atoms with van der Waals surface area (Å²) in [6, 6.07) is 19.1. The molecule has 0 fully saturated rings. The van der Waals surface area contributed by atoms with E-state index in [9.17, 15) is 9.59 Å². The number of halogens is 1. The molecule has 0 saturated heterocycles. The van der Waals surface area contributed by atoms with E-state index in [1.807, 2.05) is 6.07 Å². The molecule has 152 valence electrons. The van der Waals surface area contributed by atoms with Gasteiger partial charge in [0.25, 0.3) is 5.91 Å². The minimum atomic E-state index is -0.326. The largest absolute Gasteiger partial charge is 0.486 e. The summed E-state index contributed by atoms with van der Waals surface area (Å²) >= 11 is 5.88. The predicted molar refractivity (Wildman–Crippen MR) is 116 cm³/mol. The summed E-state index contributed by atoms with van der Waals surface area (Å²) in [4.78, 5) is 25.3. The lowest BCUT2D eigenvalue weighted by atomic mass is 10.1. The summed E-state index contributed by atoms with van der Waals surface area (Å²) in [7, 11) is 0. The van der Waals surface area contributed by atoms with Crippen LogP contribution in [0.15, 0.2) is 66.7 Å². The third-order valence-corrected chi connectivity index (χ3v) is 4.77. The third kappa shape index (κ3) is 4.72. The van der Waals surface area contributed by atoms with Crippen LogP contribution >= 0.6 is 11.6 Å². The Labute approximate surface area is 178 Å². The van der Waals surface area contributed by atoms with Gasteiger partial charge >= 0.3 is 0 Å². The van der Waals surface area contributed by atoms with E-state index in [4.69, 9.17) is 21.1 Å². The second kappa shape index (κ2) is 8.88. The second-order valence-electron chi connectivity index (χ2n) is 6.71. The first-order chi connectivity index (χ1) is 14.6. The monoisotopic (exact) mass is 422 g/mol. The van der Waals surface area contributed by atoms with Gasteiger partial charge in [0.1, 0.15) is 13.2 Å². The number of para-hydroxylation sites is 1. The zero-order valence-corrected chi connectivity index (χ0v) is 16.7. The number of rotatable bonds is 5. The van der Waals surface area contributed by atoms with Crippen molar-refractivity contribution >= 4 is 34.8 Å². The molecule has 0 saturated carbocycles. The molecular formula is C23H19ClN2O4. The smallest absolute Gasteiger partial charge is 0.257 e. The maximum absolute atomic E-state index is 12.7. The Bertz CT molecular complexity index is 1080. The number of ether oxygens (including phenoxy) is 2. The van der Waals surface area contributed by atoms with Crippen molar-refractivity contribution in [2.24, 2.45) is 0 Å². The van der Waals surface area contributed by atoms with E-state index in [2.05, 4.69) is 10.6 Å². The molecular weight excluding hydrogens is 404 g/mol. The summed E-state index contributed by atoms with van der Waals surface area (Å²) < 4.78 is 11.1. The van der Waals surface area contributed by atoms with E-state index < -0.39 is 0 Å². The summed E-state index contributed by atoms with van der Waals surface area (Å²) in [5.41, 5.74) is 2.20. The van der Waals surface area contributed by atoms with Crippen LogP contribution in [0, 0.1) is 0 Å². The van der Waals surface area contributed by atoms with Gasteiger partial charge in [-0.1, -0.05) is 29.8 Å². The van der Waals surface area contributed by atoms with E-state index in [0.29, 0.717) is 46.7 Å². The molecule has 1 aliphatic heterocycles. The second-order valence-corrected chi connectivity index (χ2v) is 7.15. The maximum atomic E-state index is 12.7. The third-order valence-electron chi connectivity index (χ3n) is 4.52. The summed E-state index contributed by atoms with van der Waals surface area (Å²) in [5, 5.41) is 6.21. The van der Waals surface area contributed by atoms with Crippen LogP contribution in [-0.2, 0) is 11.2 Å². The lowest BCUT2D eigenvalue weighted by Gasteiger charge is -2.18. The molecule has 3 aromatic carbocycles. The molecule has 3 aromatic rings. The number of hydrogen-bond acceptors (Lipinski definition) is 4. The van der Waals surface area contributed by atoms with Gasteiger partial charge in [-0.15, -0.1) is 0 Å². The molecule has 30 heavy (non-hydrogen) atoms. The number of fused-ring (bicyclic) bond motifs is 1. The van der Waals surface area contributed by atoms with Crippen molar-refractivity contribution in [2.45, 2.75) is 6.42 Å². The summed E-state index contributed by atoms with van der Waals surface area (Å²) in [5.74, 6) is 0.745. The fourth-order valence-electron chi connectivity index (χ4n) is 3.10. The molecule has 1 aliphatic rings. The lowest BCUT2D eigenvalue weighted by molar-refractivity contribution is -0.115. The van der Waals surface area contributed by atoms with Crippen molar-refractivity contribution in [1.29, 1.82) is 0 Å². The Hall–Kier alpha value is -3.51. The first-order valence-electron chi connectivity index (χ1n) is 9.43. The van der Waals surface area contributed by atoms with Gasteiger partial charge in [-0.2, -0.15) is 0 Å². The first kappa shape index (κ1) is 19.8. The fraction of sp³-hybridized carbons (Fsp3) is 0.130. The molecule has 2 amide bonds. The van der Waals surface area contributed by atoms with Gasteiger partial charge in [0.05, 0.1) is 17.7 Å². The summed E-state index contributed by atoms with van der Waals surface area (Å²) in [6.45, 7) is 1.00. The minimum Gasteiger partial charge on any atom is -0.486 e. The van der Waals surface area contributed by atoms with Crippen molar-refractivity contribution in [2.75, 3.05) is 23.8 Å². The van der Waals surface area contributed by atoms with Crippen LogP contribution in [0.25, 0.3) is 0 Å². The van der Waals surface area contributed by atoms with E-state index in [-0.39, 0.29) is 18.2 Å². The highest BCUT2D eigenvalue weighted by Crippen LogP contribution is 2.31. The Morgan fingerprint density at radius 3 is 2.40 bits per heavy atom. The van der Waals surface area contributed by atoms with Crippen LogP contribution in [0.3, 0.4) is 0 Å². The van der Waals surface area contributed by atoms with Crippen LogP contribution in [0.5, 0.6) is 11.5 Å². The van der Waals surface area contributed by atoms with Crippen molar-refractivity contribution in [3.63, 3.8) is 0 Å². The van der Waals surface area contributed by atoms with Crippen molar-refractivity contribution in [1.82, 2.24) is 0 Å². The quantitative estimate of drug-likeness (QED) is 0.632. The zero-order chi connectivity index (χ0) is 20.9. The van der Waals surface area contributed by atoms with Gasteiger partial charge in [-0.25, -0.2) is 0 Å². The van der Waals surface area contributed by atoms with Crippen LogP contribution in [0.2, 0.25) is 5.02 Å². The van der Waals surface area contributed by atoms with Crippen molar-refractivity contribution in [3.05, 3.63) is 82.9 Å². The van der Waals surface area contributed by atoms with Gasteiger partial charge in [-0.05, 0) is 54.1 Å². The Morgan fingerprint density at radius 2 is 1.60 bits per heavy atom. The SMILES string of the molecule is O=C(Cc1ccc2c(c1)OCCO2)Nc1ccccc1C(=O)Nc1ccc(Cl)cc1. The van der Waals surface area contributed by atoms with E-state index in [1.54, 1.807) is 60.7 Å². The van der Waals surface area contributed by atoms with Crippen LogP contribution in [0.4, 0.5) is 11.4 Å². The number of anilines is 2.